The van der Waals surface area contributed by atoms with Crippen molar-refractivity contribution in [1.29, 1.82) is 0 Å². The van der Waals surface area contributed by atoms with Crippen LogP contribution in [0.15, 0.2) is 35.1 Å². The summed E-state index contributed by atoms with van der Waals surface area (Å²) in [6.45, 7) is 5.25. The van der Waals surface area contributed by atoms with E-state index in [2.05, 4.69) is 4.90 Å². The number of hydrogen-bond donors (Lipinski definition) is 0. The molecule has 0 N–H and O–H groups in total. The Balaban J connectivity index is 1.43. The van der Waals surface area contributed by atoms with Gasteiger partial charge in [-0.25, -0.2) is 0 Å². The first-order chi connectivity index (χ1) is 14.0. The molecular formula is C21H26N4O4. The molecule has 2 aliphatic rings. The Hall–Kier alpha value is -2.71. The fraction of sp³-hybridized carbons (Fsp3) is 0.476. The zero-order valence-electron chi connectivity index (χ0n) is 16.7. The van der Waals surface area contributed by atoms with Gasteiger partial charge in [-0.3, -0.25) is 19.3 Å². The molecule has 154 valence electrons. The standard InChI is InChI=1S/C21H26N4O4/c1-22-18-5-3-2-4-16(18)17(14-19(22)26)21(28)25-8-6-24(7-9-25)20(27)15-23-10-12-29-13-11-23/h2-5,14H,6-13,15H2,1H3. The largest absolute Gasteiger partial charge is 0.379 e. The lowest BCUT2D eigenvalue weighted by Gasteiger charge is -2.36. The number of amides is 2. The number of hydrogen-bond acceptors (Lipinski definition) is 5. The normalized spacial score (nSPS) is 18.2. The molecule has 2 aromatic rings. The molecule has 0 radical (unpaired) electrons. The van der Waals surface area contributed by atoms with E-state index in [1.807, 2.05) is 29.2 Å². The Bertz CT molecular complexity index is 972. The number of ether oxygens (including phenoxy) is 1. The van der Waals surface area contributed by atoms with Crippen molar-refractivity contribution in [2.45, 2.75) is 0 Å². The van der Waals surface area contributed by atoms with Crippen LogP contribution in [-0.4, -0.2) is 90.1 Å². The number of para-hydroxylation sites is 1. The van der Waals surface area contributed by atoms with Crippen molar-refractivity contribution in [2.75, 3.05) is 59.0 Å². The minimum absolute atomic E-state index is 0.0954. The highest BCUT2D eigenvalue weighted by molar-refractivity contribution is 6.06. The van der Waals surface area contributed by atoms with Gasteiger partial charge in [0.25, 0.3) is 11.5 Å². The Morgan fingerprint density at radius 1 is 0.966 bits per heavy atom. The van der Waals surface area contributed by atoms with E-state index < -0.39 is 0 Å². The van der Waals surface area contributed by atoms with E-state index in [-0.39, 0.29) is 17.4 Å². The minimum atomic E-state index is -0.202. The molecule has 8 nitrogen and oxygen atoms in total. The SMILES string of the molecule is Cn1c(=O)cc(C(=O)N2CCN(C(=O)CN3CCOCC3)CC2)c2ccccc21. The fourth-order valence-corrected chi connectivity index (χ4v) is 3.97. The number of morpholine rings is 1. The van der Waals surface area contributed by atoms with E-state index in [9.17, 15) is 14.4 Å². The van der Waals surface area contributed by atoms with E-state index in [1.165, 1.54) is 6.07 Å². The number of aryl methyl sites for hydroxylation is 1. The molecule has 0 saturated carbocycles. The van der Waals surface area contributed by atoms with Gasteiger partial charge >= 0.3 is 0 Å². The van der Waals surface area contributed by atoms with Gasteiger partial charge in [-0.05, 0) is 6.07 Å². The van der Waals surface area contributed by atoms with Gasteiger partial charge in [-0.15, -0.1) is 0 Å². The molecule has 0 bridgehead atoms. The molecule has 0 unspecified atom stereocenters. The van der Waals surface area contributed by atoms with Crippen LogP contribution in [0.3, 0.4) is 0 Å². The third-order valence-electron chi connectivity index (χ3n) is 5.77. The molecule has 2 aliphatic heterocycles. The van der Waals surface area contributed by atoms with Crippen molar-refractivity contribution in [3.63, 3.8) is 0 Å². The molecule has 1 aromatic carbocycles. The maximum absolute atomic E-state index is 13.1. The maximum Gasteiger partial charge on any atom is 0.254 e. The van der Waals surface area contributed by atoms with Gasteiger partial charge in [0, 0.05) is 57.8 Å². The Kier molecular flexibility index (Phi) is 5.64. The topological polar surface area (TPSA) is 75.1 Å². The number of nitrogens with zero attached hydrogens (tertiary/aromatic N) is 4. The number of rotatable bonds is 3. The summed E-state index contributed by atoms with van der Waals surface area (Å²) in [6, 6.07) is 8.85. The Morgan fingerprint density at radius 2 is 1.62 bits per heavy atom. The van der Waals surface area contributed by atoms with E-state index in [0.717, 1.165) is 24.0 Å². The molecule has 8 heteroatoms. The second-order valence-electron chi connectivity index (χ2n) is 7.53. The number of carbonyl (C=O) groups excluding carboxylic acids is 2. The lowest BCUT2D eigenvalue weighted by molar-refractivity contribution is -0.134. The Labute approximate surface area is 169 Å². The van der Waals surface area contributed by atoms with Gasteiger partial charge < -0.3 is 19.1 Å². The number of piperazine rings is 1. The average molecular weight is 398 g/mol. The smallest absolute Gasteiger partial charge is 0.254 e. The van der Waals surface area contributed by atoms with Crippen molar-refractivity contribution in [2.24, 2.45) is 7.05 Å². The lowest BCUT2D eigenvalue weighted by atomic mass is 10.1. The quantitative estimate of drug-likeness (QED) is 0.736. The molecule has 1 aromatic heterocycles. The summed E-state index contributed by atoms with van der Waals surface area (Å²) < 4.78 is 6.87. The van der Waals surface area contributed by atoms with Crippen molar-refractivity contribution in [1.82, 2.24) is 19.3 Å². The van der Waals surface area contributed by atoms with Gasteiger partial charge in [0.15, 0.2) is 0 Å². The van der Waals surface area contributed by atoms with Crippen LogP contribution in [0.25, 0.3) is 10.9 Å². The zero-order chi connectivity index (χ0) is 20.4. The molecule has 2 amide bonds. The van der Waals surface area contributed by atoms with Crippen LogP contribution < -0.4 is 5.56 Å². The molecule has 0 atom stereocenters. The van der Waals surface area contributed by atoms with Crippen molar-refractivity contribution in [3.8, 4) is 0 Å². The monoisotopic (exact) mass is 398 g/mol. The summed E-state index contributed by atoms with van der Waals surface area (Å²) in [4.78, 5) is 43.6. The molecule has 2 saturated heterocycles. The van der Waals surface area contributed by atoms with Crippen LogP contribution in [0, 0.1) is 0 Å². The van der Waals surface area contributed by atoms with Crippen LogP contribution >= 0.6 is 0 Å². The number of fused-ring (bicyclic) bond motifs is 1. The summed E-state index contributed by atoms with van der Waals surface area (Å²) in [7, 11) is 1.71. The van der Waals surface area contributed by atoms with E-state index in [4.69, 9.17) is 4.74 Å². The second-order valence-corrected chi connectivity index (χ2v) is 7.53. The Morgan fingerprint density at radius 3 is 2.34 bits per heavy atom. The van der Waals surface area contributed by atoms with Gasteiger partial charge in [-0.1, -0.05) is 18.2 Å². The first kappa shape index (κ1) is 19.6. The van der Waals surface area contributed by atoms with Crippen LogP contribution in [0.4, 0.5) is 0 Å². The van der Waals surface area contributed by atoms with E-state index in [0.29, 0.717) is 51.5 Å². The summed E-state index contributed by atoms with van der Waals surface area (Å²) in [5.41, 5.74) is 0.964. The van der Waals surface area contributed by atoms with E-state index in [1.54, 1.807) is 16.5 Å². The highest BCUT2D eigenvalue weighted by Crippen LogP contribution is 2.19. The van der Waals surface area contributed by atoms with Gasteiger partial charge in [-0.2, -0.15) is 0 Å². The number of aromatic nitrogens is 1. The van der Waals surface area contributed by atoms with Crippen LogP contribution in [0.1, 0.15) is 10.4 Å². The number of pyridine rings is 1. The average Bonchev–Trinajstić information content (AvgIpc) is 2.76. The van der Waals surface area contributed by atoms with Crippen molar-refractivity contribution < 1.29 is 14.3 Å². The van der Waals surface area contributed by atoms with Crippen LogP contribution in [0.5, 0.6) is 0 Å². The zero-order valence-corrected chi connectivity index (χ0v) is 16.7. The minimum Gasteiger partial charge on any atom is -0.379 e. The summed E-state index contributed by atoms with van der Waals surface area (Å²) in [5, 5.41) is 0.769. The fourth-order valence-electron chi connectivity index (χ4n) is 3.97. The first-order valence-corrected chi connectivity index (χ1v) is 10.0. The third-order valence-corrected chi connectivity index (χ3v) is 5.77. The molecule has 0 spiro atoms. The van der Waals surface area contributed by atoms with Crippen LogP contribution in [0.2, 0.25) is 0 Å². The highest BCUT2D eigenvalue weighted by atomic mass is 16.5. The predicted octanol–water partition coefficient (Wildman–Crippen LogP) is 0.155. The first-order valence-electron chi connectivity index (χ1n) is 10.0. The molecule has 29 heavy (non-hydrogen) atoms. The van der Waals surface area contributed by atoms with Crippen molar-refractivity contribution >= 4 is 22.7 Å². The summed E-state index contributed by atoms with van der Waals surface area (Å²) >= 11 is 0. The molecule has 4 rings (SSSR count). The lowest BCUT2D eigenvalue weighted by Crippen LogP contribution is -2.53. The van der Waals surface area contributed by atoms with Gasteiger partial charge in [0.05, 0.1) is 30.8 Å². The molecule has 3 heterocycles. The molecule has 0 aliphatic carbocycles. The van der Waals surface area contributed by atoms with Crippen molar-refractivity contribution in [3.05, 3.63) is 46.2 Å². The molecular weight excluding hydrogens is 372 g/mol. The molecule has 2 fully saturated rings. The maximum atomic E-state index is 13.1. The second kappa shape index (κ2) is 8.34. The summed E-state index contributed by atoms with van der Waals surface area (Å²) in [5.74, 6) is -0.0581. The van der Waals surface area contributed by atoms with Gasteiger partial charge in [0.2, 0.25) is 5.91 Å². The number of carbonyl (C=O) groups is 2. The summed E-state index contributed by atoms with van der Waals surface area (Å²) in [6.07, 6.45) is 0. The van der Waals surface area contributed by atoms with Crippen LogP contribution in [-0.2, 0) is 16.6 Å². The van der Waals surface area contributed by atoms with Gasteiger partial charge in [0.1, 0.15) is 0 Å². The van der Waals surface area contributed by atoms with E-state index >= 15 is 0 Å². The third kappa shape index (κ3) is 4.04. The number of benzene rings is 1. The highest BCUT2D eigenvalue weighted by Gasteiger charge is 2.27. The predicted molar refractivity (Wildman–Crippen MR) is 109 cm³/mol.